The monoisotopic (exact) mass is 320 g/mol. The molecular weight excluding hydrogens is 303 g/mol. The molecule has 0 saturated heterocycles. The van der Waals surface area contributed by atoms with E-state index in [1.807, 2.05) is 24.4 Å². The van der Waals surface area contributed by atoms with Crippen LogP contribution in [0.5, 0.6) is 0 Å². The lowest BCUT2D eigenvalue weighted by atomic mass is 10.1. The lowest BCUT2D eigenvalue weighted by Gasteiger charge is -2.11. The van der Waals surface area contributed by atoms with Gasteiger partial charge in [0.15, 0.2) is 0 Å². The Morgan fingerprint density at radius 3 is 2.68 bits per heavy atom. The second-order valence-electron chi connectivity index (χ2n) is 5.06. The third kappa shape index (κ3) is 4.14. The molecule has 2 aromatic rings. The van der Waals surface area contributed by atoms with Crippen molar-refractivity contribution in [3.05, 3.63) is 52.0 Å². The average Bonchev–Trinajstić information content (AvgIpc) is 3.01. The van der Waals surface area contributed by atoms with Gasteiger partial charge in [-0.1, -0.05) is 19.1 Å². The van der Waals surface area contributed by atoms with Crippen molar-refractivity contribution in [2.24, 2.45) is 0 Å². The normalized spacial score (nSPS) is 11.8. The van der Waals surface area contributed by atoms with E-state index < -0.39 is 17.6 Å². The first-order chi connectivity index (χ1) is 10.5. The summed E-state index contributed by atoms with van der Waals surface area (Å²) < 4.78 is 13.6. The number of hydrogen-bond donors (Lipinski definition) is 2. The van der Waals surface area contributed by atoms with E-state index in [0.717, 1.165) is 10.4 Å². The number of thiophene rings is 1. The van der Waals surface area contributed by atoms with Crippen molar-refractivity contribution in [1.29, 1.82) is 0 Å². The Balaban J connectivity index is 1.88. The molecule has 0 fully saturated rings. The maximum Gasteiger partial charge on any atom is 0.313 e. The van der Waals surface area contributed by atoms with Crippen LogP contribution < -0.4 is 10.6 Å². The molecule has 0 bridgehead atoms. The Hall–Kier alpha value is -2.21. The summed E-state index contributed by atoms with van der Waals surface area (Å²) in [5, 5.41) is 6.79. The molecule has 2 amide bonds. The van der Waals surface area contributed by atoms with E-state index in [0.29, 0.717) is 6.54 Å². The number of benzene rings is 1. The number of rotatable bonds is 4. The predicted molar refractivity (Wildman–Crippen MR) is 85.5 cm³/mol. The summed E-state index contributed by atoms with van der Waals surface area (Å²) in [4.78, 5) is 24.6. The van der Waals surface area contributed by atoms with Gasteiger partial charge in [-0.25, -0.2) is 4.39 Å². The minimum Gasteiger partial charge on any atom is -0.347 e. The van der Waals surface area contributed by atoms with Crippen LogP contribution in [-0.2, 0) is 9.59 Å². The lowest BCUT2D eigenvalue weighted by molar-refractivity contribution is -0.136. The second-order valence-corrected chi connectivity index (χ2v) is 6.04. The smallest absolute Gasteiger partial charge is 0.313 e. The maximum absolute atomic E-state index is 13.6. The molecule has 0 aliphatic rings. The van der Waals surface area contributed by atoms with E-state index in [9.17, 15) is 14.0 Å². The Bertz CT molecular complexity index is 671. The van der Waals surface area contributed by atoms with Crippen LogP contribution in [0.4, 0.5) is 10.1 Å². The van der Waals surface area contributed by atoms with Gasteiger partial charge in [-0.05, 0) is 36.1 Å². The molecule has 1 atom stereocenters. The van der Waals surface area contributed by atoms with Crippen molar-refractivity contribution in [3.63, 3.8) is 0 Å². The number of carbonyl (C=O) groups excluding carboxylic acids is 2. The SMILES string of the molecule is Cc1ccc(NC(=O)C(=O)NCC(C)c2cccs2)c(F)c1. The van der Waals surface area contributed by atoms with Crippen LogP contribution in [0.15, 0.2) is 35.7 Å². The Morgan fingerprint density at radius 2 is 2.05 bits per heavy atom. The molecule has 0 radical (unpaired) electrons. The molecule has 22 heavy (non-hydrogen) atoms. The number of hydrogen-bond acceptors (Lipinski definition) is 3. The molecule has 0 aliphatic heterocycles. The zero-order chi connectivity index (χ0) is 16.1. The number of anilines is 1. The molecule has 1 aromatic heterocycles. The average molecular weight is 320 g/mol. The van der Waals surface area contributed by atoms with Gasteiger partial charge in [0.05, 0.1) is 5.69 Å². The molecule has 1 unspecified atom stereocenters. The van der Waals surface area contributed by atoms with Gasteiger partial charge in [0.2, 0.25) is 0 Å². The summed E-state index contributed by atoms with van der Waals surface area (Å²) >= 11 is 1.60. The first-order valence-corrected chi connectivity index (χ1v) is 7.74. The van der Waals surface area contributed by atoms with E-state index >= 15 is 0 Å². The summed E-state index contributed by atoms with van der Waals surface area (Å²) in [5.41, 5.74) is 0.738. The summed E-state index contributed by atoms with van der Waals surface area (Å²) in [6.07, 6.45) is 0. The zero-order valence-corrected chi connectivity index (χ0v) is 13.2. The van der Waals surface area contributed by atoms with E-state index in [-0.39, 0.29) is 11.6 Å². The zero-order valence-electron chi connectivity index (χ0n) is 12.4. The molecule has 4 nitrogen and oxygen atoms in total. The van der Waals surface area contributed by atoms with Crippen molar-refractivity contribution in [2.75, 3.05) is 11.9 Å². The fourth-order valence-electron chi connectivity index (χ4n) is 1.90. The number of nitrogens with one attached hydrogen (secondary N) is 2. The van der Waals surface area contributed by atoms with Gasteiger partial charge in [-0.3, -0.25) is 9.59 Å². The van der Waals surface area contributed by atoms with Crippen LogP contribution >= 0.6 is 11.3 Å². The Labute approximate surface area is 132 Å². The highest BCUT2D eigenvalue weighted by atomic mass is 32.1. The van der Waals surface area contributed by atoms with Crippen LogP contribution in [0.2, 0.25) is 0 Å². The van der Waals surface area contributed by atoms with Gasteiger partial charge in [0, 0.05) is 17.3 Å². The molecule has 116 valence electrons. The number of aryl methyl sites for hydroxylation is 1. The van der Waals surface area contributed by atoms with Crippen LogP contribution in [0, 0.1) is 12.7 Å². The molecule has 0 aliphatic carbocycles. The standard InChI is InChI=1S/C16H17FN2O2S/c1-10-5-6-13(12(17)8-10)19-16(21)15(20)18-9-11(2)14-4-3-7-22-14/h3-8,11H,9H2,1-2H3,(H,18,20)(H,19,21). The molecule has 0 spiro atoms. The number of amides is 2. The predicted octanol–water partition coefficient (Wildman–Crippen LogP) is 3.05. The Kier molecular flexibility index (Phi) is 5.27. The fraction of sp³-hybridized carbons (Fsp3) is 0.250. The molecule has 1 heterocycles. The van der Waals surface area contributed by atoms with Gasteiger partial charge in [-0.2, -0.15) is 0 Å². The minimum absolute atomic E-state index is 0.00273. The van der Waals surface area contributed by atoms with Gasteiger partial charge in [0.1, 0.15) is 5.82 Å². The van der Waals surface area contributed by atoms with Crippen molar-refractivity contribution in [2.45, 2.75) is 19.8 Å². The number of carbonyl (C=O) groups is 2. The molecule has 0 saturated carbocycles. The Morgan fingerprint density at radius 1 is 1.27 bits per heavy atom. The van der Waals surface area contributed by atoms with E-state index in [1.54, 1.807) is 24.3 Å². The largest absolute Gasteiger partial charge is 0.347 e. The summed E-state index contributed by atoms with van der Waals surface area (Å²) in [6, 6.07) is 8.31. The quantitative estimate of drug-likeness (QED) is 0.851. The molecule has 2 N–H and O–H groups in total. The van der Waals surface area contributed by atoms with Crippen molar-refractivity contribution >= 4 is 28.8 Å². The molecule has 2 rings (SSSR count). The first kappa shape index (κ1) is 16.2. The summed E-state index contributed by atoms with van der Waals surface area (Å²) in [5.74, 6) is -2.09. The van der Waals surface area contributed by atoms with Gasteiger partial charge in [0.25, 0.3) is 0 Å². The lowest BCUT2D eigenvalue weighted by Crippen LogP contribution is -2.37. The van der Waals surface area contributed by atoms with Gasteiger partial charge in [-0.15, -0.1) is 11.3 Å². The highest BCUT2D eigenvalue weighted by Crippen LogP contribution is 2.19. The topological polar surface area (TPSA) is 58.2 Å². The van der Waals surface area contributed by atoms with Crippen LogP contribution in [-0.4, -0.2) is 18.4 Å². The molecular formula is C16H17FN2O2S. The van der Waals surface area contributed by atoms with E-state index in [2.05, 4.69) is 10.6 Å². The fourth-order valence-corrected chi connectivity index (χ4v) is 2.69. The van der Waals surface area contributed by atoms with E-state index in [1.165, 1.54) is 12.1 Å². The van der Waals surface area contributed by atoms with E-state index in [4.69, 9.17) is 0 Å². The van der Waals surface area contributed by atoms with Crippen molar-refractivity contribution in [3.8, 4) is 0 Å². The minimum atomic E-state index is -0.874. The van der Waals surface area contributed by atoms with Gasteiger partial charge >= 0.3 is 11.8 Å². The molecule has 6 heteroatoms. The third-order valence-electron chi connectivity index (χ3n) is 3.18. The highest BCUT2D eigenvalue weighted by Gasteiger charge is 2.17. The summed E-state index contributed by atoms with van der Waals surface area (Å²) in [7, 11) is 0. The van der Waals surface area contributed by atoms with Gasteiger partial charge < -0.3 is 10.6 Å². The van der Waals surface area contributed by atoms with Crippen LogP contribution in [0.25, 0.3) is 0 Å². The van der Waals surface area contributed by atoms with Crippen molar-refractivity contribution < 1.29 is 14.0 Å². The van der Waals surface area contributed by atoms with Crippen LogP contribution in [0.3, 0.4) is 0 Å². The third-order valence-corrected chi connectivity index (χ3v) is 4.28. The second kappa shape index (κ2) is 7.17. The first-order valence-electron chi connectivity index (χ1n) is 6.86. The maximum atomic E-state index is 13.6. The summed E-state index contributed by atoms with van der Waals surface area (Å²) in [6.45, 7) is 4.06. The number of halogens is 1. The van der Waals surface area contributed by atoms with Crippen LogP contribution in [0.1, 0.15) is 23.3 Å². The molecule has 1 aromatic carbocycles. The highest BCUT2D eigenvalue weighted by molar-refractivity contribution is 7.10. The van der Waals surface area contributed by atoms with Crippen molar-refractivity contribution in [1.82, 2.24) is 5.32 Å².